The summed E-state index contributed by atoms with van der Waals surface area (Å²) in [6.45, 7) is 5.97. The molecule has 4 rings (SSSR count). The zero-order valence-electron chi connectivity index (χ0n) is 19.4. The predicted octanol–water partition coefficient (Wildman–Crippen LogP) is 4.50. The summed E-state index contributed by atoms with van der Waals surface area (Å²) in [5.41, 5.74) is -0.277. The second-order valence-corrected chi connectivity index (χ2v) is 12.9. The Labute approximate surface area is 192 Å². The Bertz CT molecular complexity index is 1240. The van der Waals surface area contributed by atoms with Gasteiger partial charge < -0.3 is 9.47 Å². The van der Waals surface area contributed by atoms with E-state index in [2.05, 4.69) is 14.6 Å². The van der Waals surface area contributed by atoms with Gasteiger partial charge in [-0.15, -0.1) is 8.78 Å². The molecule has 6 nitrogen and oxygen atoms in total. The van der Waals surface area contributed by atoms with Gasteiger partial charge in [-0.1, -0.05) is 39.3 Å². The third kappa shape index (κ3) is 4.43. The smallest absolute Gasteiger partial charge is 0.395 e. The molecule has 0 amide bonds. The fourth-order valence-electron chi connectivity index (χ4n) is 4.29. The Morgan fingerprint density at radius 2 is 1.85 bits per heavy atom. The normalized spacial score (nSPS) is 19.2. The minimum atomic E-state index is -3.74. The van der Waals surface area contributed by atoms with Gasteiger partial charge in [0.15, 0.2) is 17.3 Å². The van der Waals surface area contributed by atoms with Gasteiger partial charge in [0, 0.05) is 24.9 Å². The number of hydrogen-bond acceptors (Lipinski definition) is 5. The molecule has 9 heteroatoms. The average Bonchev–Trinajstić information content (AvgIpc) is 3.23. The van der Waals surface area contributed by atoms with E-state index in [-0.39, 0.29) is 27.6 Å². The molecule has 0 atom stereocenters. The van der Waals surface area contributed by atoms with Crippen molar-refractivity contribution < 1.29 is 27.3 Å². The highest BCUT2D eigenvalue weighted by molar-refractivity contribution is 8.03. The van der Waals surface area contributed by atoms with Crippen molar-refractivity contribution in [1.29, 1.82) is 0 Å². The fraction of sp³-hybridized carbons (Fsp3) is 0.458. The maximum atomic E-state index is 14.2. The summed E-state index contributed by atoms with van der Waals surface area (Å²) in [6.07, 6.45) is 6.39. The number of nitrogens with zero attached hydrogens (tertiary/aromatic N) is 2. The van der Waals surface area contributed by atoms with E-state index in [4.69, 9.17) is 0 Å². The fourth-order valence-corrected chi connectivity index (χ4v) is 5.59. The molecule has 33 heavy (non-hydrogen) atoms. The number of carbonyl (C=O) groups is 1. The van der Waals surface area contributed by atoms with Crippen LogP contribution in [0, 0.1) is 5.41 Å². The second-order valence-electron chi connectivity index (χ2n) is 10.0. The summed E-state index contributed by atoms with van der Waals surface area (Å²) < 4.78 is 51.4. The SMILES string of the molecule is CC(C)(C)/C=C(\C(C(=O)C1(c2ccc3c(c2)OC(F)(F)O3)CCC1)=S(C)(C)=O)n1cccn1. The molecule has 1 aromatic carbocycles. The Kier molecular flexibility index (Phi) is 5.47. The number of ketones is 1. The molecular weight excluding hydrogens is 450 g/mol. The molecule has 2 heterocycles. The lowest BCUT2D eigenvalue weighted by atomic mass is 9.61. The number of ether oxygens (including phenoxy) is 2. The monoisotopic (exact) mass is 478 g/mol. The molecule has 178 valence electrons. The van der Waals surface area contributed by atoms with E-state index in [0.29, 0.717) is 24.1 Å². The van der Waals surface area contributed by atoms with Gasteiger partial charge in [0.25, 0.3) is 0 Å². The molecule has 1 aliphatic carbocycles. The lowest BCUT2D eigenvalue weighted by Gasteiger charge is -2.42. The predicted molar refractivity (Wildman–Crippen MR) is 124 cm³/mol. The third-order valence-corrected chi connectivity index (χ3v) is 7.22. The maximum Gasteiger partial charge on any atom is 0.586 e. The van der Waals surface area contributed by atoms with E-state index in [0.717, 1.165) is 6.42 Å². The average molecular weight is 479 g/mol. The van der Waals surface area contributed by atoms with Crippen molar-refractivity contribution in [3.63, 3.8) is 0 Å². The van der Waals surface area contributed by atoms with Crippen LogP contribution in [0.3, 0.4) is 0 Å². The highest BCUT2D eigenvalue weighted by atomic mass is 32.2. The first-order valence-corrected chi connectivity index (χ1v) is 13.1. The topological polar surface area (TPSA) is 70.4 Å². The van der Waals surface area contributed by atoms with Crippen LogP contribution < -0.4 is 9.47 Å². The van der Waals surface area contributed by atoms with Crippen molar-refractivity contribution in [2.75, 3.05) is 12.5 Å². The van der Waals surface area contributed by atoms with Crippen LogP contribution in [0.1, 0.15) is 45.6 Å². The van der Waals surface area contributed by atoms with E-state index in [1.807, 2.05) is 26.8 Å². The lowest BCUT2D eigenvalue weighted by molar-refractivity contribution is -0.286. The molecular formula is C24H28F2N2O4S. The maximum absolute atomic E-state index is 14.2. The van der Waals surface area contributed by atoms with E-state index in [1.54, 1.807) is 41.7 Å². The number of carbonyl (C=O) groups excluding carboxylic acids is 1. The first kappa shape index (κ1) is 23.5. The highest BCUT2D eigenvalue weighted by Crippen LogP contribution is 2.50. The van der Waals surface area contributed by atoms with Crippen molar-refractivity contribution in [3.05, 3.63) is 48.3 Å². The summed E-state index contributed by atoms with van der Waals surface area (Å²) >= 11 is 0. The minimum Gasteiger partial charge on any atom is -0.395 e. The Balaban J connectivity index is 1.86. The van der Waals surface area contributed by atoms with Crippen LogP contribution in [0.25, 0.3) is 5.70 Å². The van der Waals surface area contributed by atoms with Gasteiger partial charge in [0.1, 0.15) is 0 Å². The van der Waals surface area contributed by atoms with E-state index < -0.39 is 21.2 Å². The standard InChI is InChI=1S/C24H28F2N2O4S/c1-22(2,3)15-17(28-13-7-12-27-28)20(33(4,5)30)21(29)23(10-6-11-23)16-8-9-18-19(14-16)32-24(25,26)31-18/h7-9,12-15H,6,10-11H2,1-5H3/b17-15+. The van der Waals surface area contributed by atoms with Gasteiger partial charge in [-0.25, -0.2) is 4.68 Å². The van der Waals surface area contributed by atoms with E-state index in [1.165, 1.54) is 12.1 Å². The first-order chi connectivity index (χ1) is 15.2. The molecule has 1 saturated carbocycles. The number of allylic oxidation sites excluding steroid dienone is 2. The number of Topliss-reactive ketones (excluding diaryl/α,β-unsaturated/α-hetero) is 1. The van der Waals surface area contributed by atoms with Crippen molar-refractivity contribution in [3.8, 4) is 11.5 Å². The van der Waals surface area contributed by atoms with Gasteiger partial charge in [-0.05, 0) is 51.5 Å². The zero-order valence-corrected chi connectivity index (χ0v) is 20.2. The van der Waals surface area contributed by atoms with Gasteiger partial charge in [0.05, 0.1) is 16.0 Å². The summed E-state index contributed by atoms with van der Waals surface area (Å²) in [7, 11) is -2.75. The number of fused-ring (bicyclic) bond motifs is 1. The molecule has 0 N–H and O–H groups in total. The molecule has 2 aromatic rings. The Morgan fingerprint density at radius 3 is 2.36 bits per heavy atom. The van der Waals surface area contributed by atoms with Crippen molar-refractivity contribution >= 4 is 25.9 Å². The zero-order chi connectivity index (χ0) is 24.2. The van der Waals surface area contributed by atoms with Gasteiger partial charge in [-0.2, -0.15) is 5.10 Å². The molecule has 0 spiro atoms. The molecule has 2 aliphatic rings. The molecule has 0 radical (unpaired) electrons. The van der Waals surface area contributed by atoms with Crippen LogP contribution in [0.5, 0.6) is 11.5 Å². The summed E-state index contributed by atoms with van der Waals surface area (Å²) in [6, 6.07) is 6.20. The molecule has 1 fully saturated rings. The first-order valence-electron chi connectivity index (χ1n) is 10.7. The van der Waals surface area contributed by atoms with E-state index >= 15 is 0 Å². The van der Waals surface area contributed by atoms with Crippen LogP contribution in [0.4, 0.5) is 8.78 Å². The van der Waals surface area contributed by atoms with Crippen LogP contribution in [-0.4, -0.2) is 43.4 Å². The van der Waals surface area contributed by atoms with Gasteiger partial charge >= 0.3 is 6.29 Å². The number of aromatic nitrogens is 2. The number of benzene rings is 1. The van der Waals surface area contributed by atoms with Crippen molar-refractivity contribution in [1.82, 2.24) is 9.78 Å². The Morgan fingerprint density at radius 1 is 1.18 bits per heavy atom. The van der Waals surface area contributed by atoms with E-state index in [9.17, 15) is 17.8 Å². The molecule has 0 unspecified atom stereocenters. The van der Waals surface area contributed by atoms with Crippen molar-refractivity contribution in [2.45, 2.75) is 51.7 Å². The molecule has 1 aromatic heterocycles. The molecule has 0 bridgehead atoms. The summed E-state index contributed by atoms with van der Waals surface area (Å²) in [4.78, 5) is 14.4. The summed E-state index contributed by atoms with van der Waals surface area (Å²) in [5.74, 6) is -0.459. The highest BCUT2D eigenvalue weighted by Gasteiger charge is 2.50. The number of hydrogen-bond donors (Lipinski definition) is 0. The van der Waals surface area contributed by atoms with Crippen LogP contribution in [0.15, 0.2) is 42.7 Å². The number of halogens is 2. The number of alkyl halides is 2. The van der Waals surface area contributed by atoms with Crippen LogP contribution >= 0.6 is 0 Å². The lowest BCUT2D eigenvalue weighted by Crippen LogP contribution is -2.48. The minimum absolute atomic E-state index is 0.0745. The summed E-state index contributed by atoms with van der Waals surface area (Å²) in [5, 5.41) is 4.31. The quantitative estimate of drug-likeness (QED) is 0.468. The molecule has 0 saturated heterocycles. The van der Waals surface area contributed by atoms with Crippen LogP contribution in [-0.2, 0) is 19.7 Å². The number of rotatable bonds is 5. The third-order valence-electron chi connectivity index (χ3n) is 5.85. The second kappa shape index (κ2) is 7.68. The largest absolute Gasteiger partial charge is 0.586 e. The molecule has 1 aliphatic heterocycles. The van der Waals surface area contributed by atoms with Crippen LogP contribution in [0.2, 0.25) is 0 Å². The van der Waals surface area contributed by atoms with Gasteiger partial charge in [-0.3, -0.25) is 9.00 Å². The van der Waals surface area contributed by atoms with Gasteiger partial charge in [0.2, 0.25) is 0 Å². The Hall–Kier alpha value is -2.68. The van der Waals surface area contributed by atoms with Crippen molar-refractivity contribution in [2.24, 2.45) is 5.41 Å².